The van der Waals surface area contributed by atoms with E-state index in [0.717, 1.165) is 0 Å². The Bertz CT molecular complexity index is 367. The molecule has 0 fully saturated rings. The second kappa shape index (κ2) is 6.37. The topological polar surface area (TPSA) is 56.3 Å². The van der Waals surface area contributed by atoms with Crippen LogP contribution in [0.1, 0.15) is 23.8 Å². The minimum Gasteiger partial charge on any atom is -0.466 e. The van der Waals surface area contributed by atoms with Crippen LogP contribution >= 0.6 is 15.9 Å². The highest BCUT2D eigenvalue weighted by Gasteiger charge is 2.21. The Labute approximate surface area is 102 Å². The number of ketones is 1. The number of ether oxygens (including phenoxy) is 1. The fourth-order valence-corrected chi connectivity index (χ4v) is 1.63. The molecule has 16 heavy (non-hydrogen) atoms. The first-order valence-corrected chi connectivity index (χ1v) is 5.81. The summed E-state index contributed by atoms with van der Waals surface area (Å²) < 4.78 is 4.76. The molecule has 4 nitrogen and oxygen atoms in total. The smallest absolute Gasteiger partial charge is 0.307 e. The van der Waals surface area contributed by atoms with Crippen LogP contribution in [0.25, 0.3) is 0 Å². The average molecular weight is 286 g/mol. The normalized spacial score (nSPS) is 11.9. The van der Waals surface area contributed by atoms with Gasteiger partial charge in [-0.1, -0.05) is 22.0 Å². The van der Waals surface area contributed by atoms with Gasteiger partial charge in [-0.3, -0.25) is 14.6 Å². The first kappa shape index (κ1) is 12.8. The number of hydrogen-bond acceptors (Lipinski definition) is 4. The lowest BCUT2D eigenvalue weighted by atomic mass is 10.1. The first-order chi connectivity index (χ1) is 7.65. The van der Waals surface area contributed by atoms with Crippen molar-refractivity contribution in [3.8, 4) is 0 Å². The zero-order valence-electron chi connectivity index (χ0n) is 8.85. The predicted molar refractivity (Wildman–Crippen MR) is 62.5 cm³/mol. The Balaban J connectivity index is 2.58. The van der Waals surface area contributed by atoms with E-state index in [0.29, 0.717) is 12.3 Å². The molecule has 0 aliphatic rings. The van der Waals surface area contributed by atoms with E-state index in [1.165, 1.54) is 6.20 Å². The number of pyridine rings is 1. The Morgan fingerprint density at radius 3 is 2.81 bits per heavy atom. The van der Waals surface area contributed by atoms with E-state index >= 15 is 0 Å². The molecule has 0 bridgehead atoms. The molecule has 1 unspecified atom stereocenters. The molecule has 0 aliphatic carbocycles. The highest BCUT2D eigenvalue weighted by atomic mass is 79.9. The predicted octanol–water partition coefficient (Wildman–Crippen LogP) is 1.98. The lowest BCUT2D eigenvalue weighted by Crippen LogP contribution is -2.20. The van der Waals surface area contributed by atoms with E-state index in [9.17, 15) is 9.59 Å². The number of Topliss-reactive ketones (excluding diaryl/α,β-unsaturated/α-hetero) is 1. The maximum Gasteiger partial charge on any atom is 0.307 e. The van der Waals surface area contributed by atoms with Gasteiger partial charge in [0.15, 0.2) is 5.78 Å². The third kappa shape index (κ3) is 3.73. The molecule has 0 spiro atoms. The maximum atomic E-state index is 11.8. The SMILES string of the molecule is CCOC(=O)CC(Br)C(=O)c1ccccn1. The zero-order valence-corrected chi connectivity index (χ0v) is 10.4. The minimum atomic E-state index is -0.582. The fourth-order valence-electron chi connectivity index (χ4n) is 1.13. The van der Waals surface area contributed by atoms with Crippen LogP contribution in [-0.4, -0.2) is 28.2 Å². The van der Waals surface area contributed by atoms with Crippen molar-refractivity contribution < 1.29 is 14.3 Å². The fraction of sp³-hybridized carbons (Fsp3) is 0.364. The van der Waals surface area contributed by atoms with Crippen molar-refractivity contribution in [1.29, 1.82) is 0 Å². The molecule has 1 aromatic heterocycles. The van der Waals surface area contributed by atoms with Gasteiger partial charge >= 0.3 is 5.97 Å². The molecule has 0 radical (unpaired) electrons. The molecule has 5 heteroatoms. The molecule has 0 amide bonds. The zero-order chi connectivity index (χ0) is 12.0. The van der Waals surface area contributed by atoms with Crippen LogP contribution in [0.15, 0.2) is 24.4 Å². The van der Waals surface area contributed by atoms with Gasteiger partial charge in [0.05, 0.1) is 17.9 Å². The maximum absolute atomic E-state index is 11.8. The number of carbonyl (C=O) groups excluding carboxylic acids is 2. The van der Waals surface area contributed by atoms with Crippen LogP contribution in [0.2, 0.25) is 0 Å². The summed E-state index contributed by atoms with van der Waals surface area (Å²) in [7, 11) is 0. The number of esters is 1. The van der Waals surface area contributed by atoms with Gasteiger partial charge in [0, 0.05) is 6.20 Å². The van der Waals surface area contributed by atoms with Gasteiger partial charge < -0.3 is 4.74 Å². The summed E-state index contributed by atoms with van der Waals surface area (Å²) >= 11 is 3.16. The minimum absolute atomic E-state index is 0.0171. The van der Waals surface area contributed by atoms with E-state index in [4.69, 9.17) is 4.74 Å². The van der Waals surface area contributed by atoms with Crippen LogP contribution in [-0.2, 0) is 9.53 Å². The van der Waals surface area contributed by atoms with Crippen LogP contribution < -0.4 is 0 Å². The Hall–Kier alpha value is -1.23. The van der Waals surface area contributed by atoms with Crippen LogP contribution in [0.4, 0.5) is 0 Å². The number of halogens is 1. The highest BCUT2D eigenvalue weighted by molar-refractivity contribution is 9.10. The molecule has 0 saturated heterocycles. The standard InChI is InChI=1S/C11H12BrNO3/c1-2-16-10(14)7-8(12)11(15)9-5-3-4-6-13-9/h3-6,8H,2,7H2,1H3. The monoisotopic (exact) mass is 285 g/mol. The molecule has 1 heterocycles. The summed E-state index contributed by atoms with van der Waals surface area (Å²) in [5, 5.41) is 0. The summed E-state index contributed by atoms with van der Waals surface area (Å²) in [6.07, 6.45) is 1.56. The van der Waals surface area contributed by atoms with Crippen molar-refractivity contribution in [2.24, 2.45) is 0 Å². The van der Waals surface area contributed by atoms with Crippen LogP contribution in [0, 0.1) is 0 Å². The summed E-state index contributed by atoms with van der Waals surface area (Å²) in [6, 6.07) is 5.07. The summed E-state index contributed by atoms with van der Waals surface area (Å²) in [5.74, 6) is -0.609. The van der Waals surface area contributed by atoms with Crippen molar-refractivity contribution in [2.75, 3.05) is 6.61 Å². The number of rotatable bonds is 5. The summed E-state index contributed by atoms with van der Waals surface area (Å²) in [6.45, 7) is 2.04. The number of aromatic nitrogens is 1. The Morgan fingerprint density at radius 2 is 2.25 bits per heavy atom. The van der Waals surface area contributed by atoms with E-state index < -0.39 is 10.8 Å². The van der Waals surface area contributed by atoms with Crippen LogP contribution in [0.3, 0.4) is 0 Å². The van der Waals surface area contributed by atoms with Gasteiger partial charge in [-0.15, -0.1) is 0 Å². The first-order valence-electron chi connectivity index (χ1n) is 4.90. The van der Waals surface area contributed by atoms with Crippen molar-refractivity contribution >= 4 is 27.7 Å². The Morgan fingerprint density at radius 1 is 1.50 bits per heavy atom. The molecular weight excluding hydrogens is 274 g/mol. The number of nitrogens with zero attached hydrogens (tertiary/aromatic N) is 1. The third-order valence-electron chi connectivity index (χ3n) is 1.85. The molecule has 1 aromatic rings. The molecule has 0 aromatic carbocycles. The van der Waals surface area contributed by atoms with E-state index in [1.807, 2.05) is 0 Å². The average Bonchev–Trinajstić information content (AvgIpc) is 2.29. The second-order valence-electron chi connectivity index (χ2n) is 3.06. The van der Waals surface area contributed by atoms with Gasteiger partial charge in [0.25, 0.3) is 0 Å². The van der Waals surface area contributed by atoms with Crippen molar-refractivity contribution in [3.05, 3.63) is 30.1 Å². The second-order valence-corrected chi connectivity index (χ2v) is 4.16. The van der Waals surface area contributed by atoms with Crippen molar-refractivity contribution in [2.45, 2.75) is 18.2 Å². The largest absolute Gasteiger partial charge is 0.466 e. The van der Waals surface area contributed by atoms with Gasteiger partial charge in [0.1, 0.15) is 5.69 Å². The number of alkyl halides is 1. The van der Waals surface area contributed by atoms with Gasteiger partial charge in [-0.2, -0.15) is 0 Å². The molecule has 1 atom stereocenters. The summed E-state index contributed by atoms with van der Waals surface area (Å²) in [4.78, 5) is 26.3. The lowest BCUT2D eigenvalue weighted by molar-refractivity contribution is -0.142. The lowest BCUT2D eigenvalue weighted by Gasteiger charge is -2.07. The highest BCUT2D eigenvalue weighted by Crippen LogP contribution is 2.12. The third-order valence-corrected chi connectivity index (χ3v) is 2.59. The molecule has 0 N–H and O–H groups in total. The van der Waals surface area contributed by atoms with E-state index in [2.05, 4.69) is 20.9 Å². The van der Waals surface area contributed by atoms with Crippen LogP contribution in [0.5, 0.6) is 0 Å². The van der Waals surface area contributed by atoms with Crippen molar-refractivity contribution in [1.82, 2.24) is 4.98 Å². The molecule has 86 valence electrons. The quantitative estimate of drug-likeness (QED) is 0.472. The van der Waals surface area contributed by atoms with E-state index in [1.54, 1.807) is 25.1 Å². The molecular formula is C11H12BrNO3. The molecule has 1 rings (SSSR count). The Kier molecular flexibility index (Phi) is 5.11. The van der Waals surface area contributed by atoms with Gasteiger partial charge in [-0.25, -0.2) is 0 Å². The molecule has 0 aliphatic heterocycles. The van der Waals surface area contributed by atoms with Gasteiger partial charge in [-0.05, 0) is 19.1 Å². The number of hydrogen-bond donors (Lipinski definition) is 0. The van der Waals surface area contributed by atoms with Crippen molar-refractivity contribution in [3.63, 3.8) is 0 Å². The van der Waals surface area contributed by atoms with E-state index in [-0.39, 0.29) is 12.2 Å². The summed E-state index contributed by atoms with van der Waals surface area (Å²) in [5.41, 5.74) is 0.341. The molecule has 0 saturated carbocycles. The van der Waals surface area contributed by atoms with Gasteiger partial charge in [0.2, 0.25) is 0 Å². The number of carbonyl (C=O) groups is 2.